The van der Waals surface area contributed by atoms with Gasteiger partial charge in [0, 0.05) is 18.4 Å². The Balaban J connectivity index is 1.85. The summed E-state index contributed by atoms with van der Waals surface area (Å²) >= 11 is 0. The van der Waals surface area contributed by atoms with E-state index in [4.69, 9.17) is 0 Å². The van der Waals surface area contributed by atoms with Crippen LogP contribution in [0.15, 0.2) is 65.8 Å². The van der Waals surface area contributed by atoms with Crippen LogP contribution in [0.4, 0.5) is 11.4 Å². The van der Waals surface area contributed by atoms with E-state index in [9.17, 15) is 4.79 Å². The van der Waals surface area contributed by atoms with Crippen LogP contribution < -0.4 is 5.32 Å². The van der Waals surface area contributed by atoms with Crippen LogP contribution in [0.2, 0.25) is 0 Å². The van der Waals surface area contributed by atoms with E-state index in [0.717, 1.165) is 11.3 Å². The molecular weight excluding hydrogens is 312 g/mol. The molecule has 5 heteroatoms. The zero-order chi connectivity index (χ0) is 17.6. The number of aryl methyl sites for hydroxylation is 2. The van der Waals surface area contributed by atoms with E-state index in [0.29, 0.717) is 17.9 Å². The van der Waals surface area contributed by atoms with Crippen molar-refractivity contribution >= 4 is 23.5 Å². The highest BCUT2D eigenvalue weighted by atomic mass is 16.2. The summed E-state index contributed by atoms with van der Waals surface area (Å²) in [5, 5.41) is 7.20. The van der Waals surface area contributed by atoms with Crippen LogP contribution in [0.1, 0.15) is 28.5 Å². The standard InChI is InChI=1S/C20H20N4O/c1-3-24-14-18(21-13-16-11-9-15(2)10-12-16)19(23-24)20(25)22-17-7-5-4-6-8-17/h4-14H,3H2,1-2H3,(H,22,25). The van der Waals surface area contributed by atoms with Gasteiger partial charge in [-0.2, -0.15) is 5.10 Å². The van der Waals surface area contributed by atoms with Crippen LogP contribution in [0.5, 0.6) is 0 Å². The lowest BCUT2D eigenvalue weighted by atomic mass is 10.2. The number of nitrogens with zero attached hydrogens (tertiary/aromatic N) is 3. The van der Waals surface area contributed by atoms with E-state index in [1.54, 1.807) is 17.1 Å². The van der Waals surface area contributed by atoms with Gasteiger partial charge in [0.2, 0.25) is 0 Å². The Bertz CT molecular complexity index is 880. The molecule has 0 radical (unpaired) electrons. The first kappa shape index (κ1) is 16.6. The van der Waals surface area contributed by atoms with Crippen LogP contribution in [0.3, 0.4) is 0 Å². The predicted molar refractivity (Wildman–Crippen MR) is 101 cm³/mol. The predicted octanol–water partition coefficient (Wildman–Crippen LogP) is 4.21. The number of carbonyl (C=O) groups excluding carboxylic acids is 1. The van der Waals surface area contributed by atoms with Crippen LogP contribution >= 0.6 is 0 Å². The highest BCUT2D eigenvalue weighted by Gasteiger charge is 2.16. The van der Waals surface area contributed by atoms with E-state index in [2.05, 4.69) is 15.4 Å². The molecule has 0 atom stereocenters. The van der Waals surface area contributed by atoms with Crippen molar-refractivity contribution in [3.63, 3.8) is 0 Å². The second kappa shape index (κ2) is 7.57. The molecule has 0 fully saturated rings. The minimum absolute atomic E-state index is 0.269. The number of para-hydroxylation sites is 1. The monoisotopic (exact) mass is 332 g/mol. The number of benzene rings is 2. The molecule has 0 aliphatic heterocycles. The number of hydrogen-bond acceptors (Lipinski definition) is 3. The van der Waals surface area contributed by atoms with Crippen molar-refractivity contribution in [2.75, 3.05) is 5.32 Å². The van der Waals surface area contributed by atoms with Gasteiger partial charge in [-0.3, -0.25) is 14.5 Å². The number of rotatable bonds is 5. The number of carbonyl (C=O) groups is 1. The second-order valence-corrected chi connectivity index (χ2v) is 5.71. The van der Waals surface area contributed by atoms with Gasteiger partial charge in [-0.1, -0.05) is 48.0 Å². The van der Waals surface area contributed by atoms with Crippen LogP contribution in [-0.4, -0.2) is 21.9 Å². The summed E-state index contributed by atoms with van der Waals surface area (Å²) in [5.74, 6) is -0.269. The lowest BCUT2D eigenvalue weighted by molar-refractivity contribution is 0.102. The molecule has 1 heterocycles. The number of amides is 1. The van der Waals surface area contributed by atoms with Crippen molar-refractivity contribution in [3.8, 4) is 0 Å². The van der Waals surface area contributed by atoms with Crippen LogP contribution in [0, 0.1) is 6.92 Å². The maximum atomic E-state index is 12.6. The molecule has 126 valence electrons. The van der Waals surface area contributed by atoms with Crippen molar-refractivity contribution < 1.29 is 4.79 Å². The third-order valence-electron chi connectivity index (χ3n) is 3.74. The Morgan fingerprint density at radius 2 is 1.88 bits per heavy atom. The average molecular weight is 332 g/mol. The quantitative estimate of drug-likeness (QED) is 0.711. The number of anilines is 1. The lowest BCUT2D eigenvalue weighted by Gasteiger charge is -2.03. The minimum Gasteiger partial charge on any atom is -0.321 e. The SMILES string of the molecule is CCn1cc(N=Cc2ccc(C)cc2)c(C(=O)Nc2ccccc2)n1. The zero-order valence-electron chi connectivity index (χ0n) is 14.3. The van der Waals surface area contributed by atoms with Crippen LogP contribution in [0.25, 0.3) is 0 Å². The zero-order valence-corrected chi connectivity index (χ0v) is 14.3. The lowest BCUT2D eigenvalue weighted by Crippen LogP contribution is -2.13. The molecule has 1 aromatic heterocycles. The van der Waals surface area contributed by atoms with E-state index < -0.39 is 0 Å². The molecule has 1 amide bonds. The van der Waals surface area contributed by atoms with Gasteiger partial charge in [-0.05, 0) is 31.5 Å². The molecule has 0 aliphatic carbocycles. The van der Waals surface area contributed by atoms with Crippen molar-refractivity contribution in [1.29, 1.82) is 0 Å². The maximum Gasteiger partial charge on any atom is 0.278 e. The van der Waals surface area contributed by atoms with Gasteiger partial charge in [0.25, 0.3) is 5.91 Å². The van der Waals surface area contributed by atoms with E-state index in [1.165, 1.54) is 5.56 Å². The normalized spacial score (nSPS) is 11.0. The number of aromatic nitrogens is 2. The fourth-order valence-corrected chi connectivity index (χ4v) is 2.34. The third kappa shape index (κ3) is 4.20. The average Bonchev–Trinajstić information content (AvgIpc) is 3.06. The van der Waals surface area contributed by atoms with Gasteiger partial charge in [0.05, 0.1) is 6.20 Å². The molecule has 0 saturated heterocycles. The summed E-state index contributed by atoms with van der Waals surface area (Å²) in [6, 6.07) is 17.4. The Kier molecular flexibility index (Phi) is 5.04. The summed E-state index contributed by atoms with van der Waals surface area (Å²) < 4.78 is 1.71. The smallest absolute Gasteiger partial charge is 0.278 e. The van der Waals surface area contributed by atoms with Gasteiger partial charge in [0.1, 0.15) is 5.69 Å². The molecule has 0 bridgehead atoms. The molecule has 0 saturated carbocycles. The van der Waals surface area contributed by atoms with Gasteiger partial charge >= 0.3 is 0 Å². The van der Waals surface area contributed by atoms with Gasteiger partial charge in [-0.25, -0.2) is 0 Å². The molecular formula is C20H20N4O. The summed E-state index contributed by atoms with van der Waals surface area (Å²) in [5.41, 5.74) is 3.76. The highest BCUT2D eigenvalue weighted by Crippen LogP contribution is 2.19. The third-order valence-corrected chi connectivity index (χ3v) is 3.74. The fraction of sp³-hybridized carbons (Fsp3) is 0.150. The fourth-order valence-electron chi connectivity index (χ4n) is 2.34. The molecule has 3 aromatic rings. The number of nitrogens with one attached hydrogen (secondary N) is 1. The molecule has 2 aromatic carbocycles. The van der Waals surface area contributed by atoms with Gasteiger partial charge in [0.15, 0.2) is 5.69 Å². The maximum absolute atomic E-state index is 12.6. The molecule has 5 nitrogen and oxygen atoms in total. The summed E-state index contributed by atoms with van der Waals surface area (Å²) in [7, 11) is 0. The van der Waals surface area contributed by atoms with Crippen molar-refractivity contribution in [2.24, 2.45) is 4.99 Å². The first-order valence-electron chi connectivity index (χ1n) is 8.20. The number of aliphatic imine (C=N–C) groups is 1. The highest BCUT2D eigenvalue weighted by molar-refractivity contribution is 6.06. The summed E-state index contributed by atoms with van der Waals surface area (Å²) in [6.45, 7) is 4.68. The summed E-state index contributed by atoms with van der Waals surface area (Å²) in [4.78, 5) is 17.0. The molecule has 3 rings (SSSR count). The van der Waals surface area contributed by atoms with Crippen LogP contribution in [-0.2, 0) is 6.54 Å². The van der Waals surface area contributed by atoms with E-state index >= 15 is 0 Å². The largest absolute Gasteiger partial charge is 0.321 e. The Morgan fingerprint density at radius 1 is 1.16 bits per heavy atom. The Morgan fingerprint density at radius 3 is 2.56 bits per heavy atom. The van der Waals surface area contributed by atoms with E-state index in [1.807, 2.05) is 68.4 Å². The molecule has 25 heavy (non-hydrogen) atoms. The van der Waals surface area contributed by atoms with E-state index in [-0.39, 0.29) is 5.91 Å². The molecule has 0 spiro atoms. The van der Waals surface area contributed by atoms with Crippen molar-refractivity contribution in [2.45, 2.75) is 20.4 Å². The minimum atomic E-state index is -0.269. The Hall–Kier alpha value is -3.21. The first-order chi connectivity index (χ1) is 12.2. The van der Waals surface area contributed by atoms with Gasteiger partial charge in [-0.15, -0.1) is 0 Å². The first-order valence-corrected chi connectivity index (χ1v) is 8.20. The Labute approximate surface area is 147 Å². The molecule has 0 aliphatic rings. The van der Waals surface area contributed by atoms with Gasteiger partial charge < -0.3 is 5.32 Å². The molecule has 0 unspecified atom stereocenters. The molecule has 1 N–H and O–H groups in total. The topological polar surface area (TPSA) is 59.3 Å². The summed E-state index contributed by atoms with van der Waals surface area (Å²) in [6.07, 6.45) is 3.53. The van der Waals surface area contributed by atoms with Crippen molar-refractivity contribution in [1.82, 2.24) is 9.78 Å². The second-order valence-electron chi connectivity index (χ2n) is 5.71. The van der Waals surface area contributed by atoms with Crippen molar-refractivity contribution in [3.05, 3.63) is 77.6 Å². The number of hydrogen-bond donors (Lipinski definition) is 1.